The smallest absolute Gasteiger partial charge is 0.252 e. The Kier molecular flexibility index (Phi) is 5.42. The van der Waals surface area contributed by atoms with Crippen LogP contribution in [0, 0.1) is 11.7 Å². The van der Waals surface area contributed by atoms with Crippen LogP contribution in [0.1, 0.15) is 22.3 Å². The van der Waals surface area contributed by atoms with Crippen LogP contribution in [0.4, 0.5) is 4.39 Å². The first kappa shape index (κ1) is 21.0. The lowest BCUT2D eigenvalue weighted by atomic mass is 9.82. The largest absolute Gasteiger partial charge is 0.345 e. The minimum Gasteiger partial charge on any atom is -0.345 e. The van der Waals surface area contributed by atoms with E-state index >= 15 is 0 Å². The molecule has 4 rings (SSSR count). The van der Waals surface area contributed by atoms with Gasteiger partial charge in [-0.15, -0.1) is 0 Å². The molecule has 0 bridgehead atoms. The monoisotopic (exact) mass is 431 g/mol. The Morgan fingerprint density at radius 2 is 1.87 bits per heavy atom. The lowest BCUT2D eigenvalue weighted by Gasteiger charge is -2.36. The molecule has 2 aromatic rings. The van der Waals surface area contributed by atoms with Crippen molar-refractivity contribution in [2.75, 3.05) is 33.7 Å². The topological polar surface area (TPSA) is 69.7 Å². The summed E-state index contributed by atoms with van der Waals surface area (Å²) in [5, 5.41) is 3.17. The molecular formula is C22H26FN3O3S. The van der Waals surface area contributed by atoms with Crippen molar-refractivity contribution in [3.05, 3.63) is 65.5 Å². The van der Waals surface area contributed by atoms with Gasteiger partial charge in [-0.25, -0.2) is 12.8 Å². The van der Waals surface area contributed by atoms with Crippen molar-refractivity contribution >= 4 is 15.9 Å². The molecule has 0 radical (unpaired) electrons. The average Bonchev–Trinajstić information content (AvgIpc) is 2.97. The van der Waals surface area contributed by atoms with Gasteiger partial charge in [0, 0.05) is 31.1 Å². The molecule has 6 nitrogen and oxygen atoms in total. The van der Waals surface area contributed by atoms with Gasteiger partial charge in [0.2, 0.25) is 10.0 Å². The predicted octanol–water partition coefficient (Wildman–Crippen LogP) is 2.12. The van der Waals surface area contributed by atoms with Gasteiger partial charge in [0.1, 0.15) is 10.7 Å². The minimum absolute atomic E-state index is 0.118. The molecule has 8 heteroatoms. The third-order valence-electron chi connectivity index (χ3n) is 6.17. The van der Waals surface area contributed by atoms with Crippen molar-refractivity contribution in [2.24, 2.45) is 5.92 Å². The maximum Gasteiger partial charge on any atom is 0.252 e. The van der Waals surface area contributed by atoms with Crippen LogP contribution in [0.5, 0.6) is 0 Å². The van der Waals surface area contributed by atoms with Crippen LogP contribution < -0.4 is 5.32 Å². The van der Waals surface area contributed by atoms with Crippen LogP contribution in [0.25, 0.3) is 0 Å². The lowest BCUT2D eigenvalue weighted by Crippen LogP contribution is -2.55. The second kappa shape index (κ2) is 7.76. The van der Waals surface area contributed by atoms with E-state index in [1.54, 1.807) is 6.07 Å². The minimum atomic E-state index is -4.02. The number of sulfonamides is 1. The Hall–Kier alpha value is -2.29. The second-order valence-electron chi connectivity index (χ2n) is 8.45. The molecule has 2 atom stereocenters. The zero-order chi connectivity index (χ0) is 21.5. The second-order valence-corrected chi connectivity index (χ2v) is 10.4. The quantitative estimate of drug-likeness (QED) is 0.805. The summed E-state index contributed by atoms with van der Waals surface area (Å²) in [6.07, 6.45) is 1.30. The molecule has 0 aliphatic carbocycles. The first-order chi connectivity index (χ1) is 14.2. The average molecular weight is 432 g/mol. The maximum atomic E-state index is 14.3. The first-order valence-electron chi connectivity index (χ1n) is 10.0. The van der Waals surface area contributed by atoms with E-state index in [0.29, 0.717) is 24.9 Å². The fraction of sp³-hybridized carbons (Fsp3) is 0.409. The first-order valence-corrected chi connectivity index (χ1v) is 11.5. The molecule has 30 heavy (non-hydrogen) atoms. The summed E-state index contributed by atoms with van der Waals surface area (Å²) >= 11 is 0. The highest BCUT2D eigenvalue weighted by molar-refractivity contribution is 7.89. The number of nitrogens with zero attached hydrogens (tertiary/aromatic N) is 2. The Morgan fingerprint density at radius 1 is 1.17 bits per heavy atom. The lowest BCUT2D eigenvalue weighted by molar-refractivity contribution is 0.0870. The van der Waals surface area contributed by atoms with E-state index in [4.69, 9.17) is 0 Å². The summed E-state index contributed by atoms with van der Waals surface area (Å²) in [5.41, 5.74) is 0.887. The van der Waals surface area contributed by atoms with E-state index in [1.165, 1.54) is 22.5 Å². The third kappa shape index (κ3) is 3.64. The highest BCUT2D eigenvalue weighted by Gasteiger charge is 2.52. The Bertz CT molecular complexity index is 1070. The van der Waals surface area contributed by atoms with Gasteiger partial charge in [-0.3, -0.25) is 4.79 Å². The Balaban J connectivity index is 1.71. The molecule has 2 aliphatic heterocycles. The normalized spacial score (nSPS) is 24.7. The van der Waals surface area contributed by atoms with E-state index in [2.05, 4.69) is 5.32 Å². The van der Waals surface area contributed by atoms with Crippen molar-refractivity contribution < 1.29 is 17.6 Å². The van der Waals surface area contributed by atoms with Gasteiger partial charge in [-0.05, 0) is 50.7 Å². The van der Waals surface area contributed by atoms with E-state index in [9.17, 15) is 17.6 Å². The van der Waals surface area contributed by atoms with Gasteiger partial charge in [0.25, 0.3) is 5.91 Å². The van der Waals surface area contributed by atoms with E-state index in [-0.39, 0.29) is 29.8 Å². The fourth-order valence-electron chi connectivity index (χ4n) is 4.68. The number of halogens is 1. The number of benzene rings is 2. The van der Waals surface area contributed by atoms with Crippen molar-refractivity contribution in [1.82, 2.24) is 14.5 Å². The van der Waals surface area contributed by atoms with Gasteiger partial charge < -0.3 is 10.2 Å². The number of hydrogen-bond donors (Lipinski definition) is 1. The molecule has 0 aromatic heterocycles. The van der Waals surface area contributed by atoms with Crippen molar-refractivity contribution in [2.45, 2.75) is 23.3 Å². The summed E-state index contributed by atoms with van der Waals surface area (Å²) in [6, 6.07) is 12.9. The van der Waals surface area contributed by atoms with E-state index < -0.39 is 21.4 Å². The molecule has 2 aromatic carbocycles. The molecule has 1 N–H and O–H groups in total. The number of rotatable bonds is 4. The highest BCUT2D eigenvalue weighted by atomic mass is 32.2. The number of fused-ring (bicyclic) bond motifs is 1. The van der Waals surface area contributed by atoms with Gasteiger partial charge in [-0.2, -0.15) is 4.31 Å². The molecule has 0 saturated carbocycles. The van der Waals surface area contributed by atoms with Gasteiger partial charge >= 0.3 is 0 Å². The number of carbonyl (C=O) groups excluding carboxylic acids is 1. The fourth-order valence-corrected chi connectivity index (χ4v) is 6.30. The predicted molar refractivity (Wildman–Crippen MR) is 112 cm³/mol. The van der Waals surface area contributed by atoms with Gasteiger partial charge in [-0.1, -0.05) is 30.3 Å². The van der Waals surface area contributed by atoms with Gasteiger partial charge in [0.15, 0.2) is 0 Å². The van der Waals surface area contributed by atoms with E-state index in [0.717, 1.165) is 11.6 Å². The Labute approximate surface area is 176 Å². The van der Waals surface area contributed by atoms with Crippen LogP contribution in [0.3, 0.4) is 0 Å². The molecule has 1 saturated heterocycles. The SMILES string of the molecule is CN(C)C[C@@H]1CN(S(=O)(=O)c2ccccc2F)C[C@]12CCc1ccccc1C(=O)N2. The number of hydrogen-bond acceptors (Lipinski definition) is 4. The number of carbonyl (C=O) groups is 1. The standard InChI is InChI=1S/C22H26FN3O3S/c1-25(2)13-17-14-26(30(28,29)20-10-6-5-9-19(20)23)15-22(17)12-11-16-7-3-4-8-18(16)21(27)24-22/h3-10,17H,11-15H2,1-2H3,(H,24,27)/t17-,22-/m1/s1. The summed E-state index contributed by atoms with van der Waals surface area (Å²) in [4.78, 5) is 14.7. The Morgan fingerprint density at radius 3 is 2.60 bits per heavy atom. The zero-order valence-electron chi connectivity index (χ0n) is 17.1. The van der Waals surface area contributed by atoms with Crippen LogP contribution in [-0.4, -0.2) is 62.8 Å². The molecular weight excluding hydrogens is 405 g/mol. The summed E-state index contributed by atoms with van der Waals surface area (Å²) < 4.78 is 42.1. The van der Waals surface area contributed by atoms with E-state index in [1.807, 2.05) is 37.2 Å². The van der Waals surface area contributed by atoms with Crippen molar-refractivity contribution in [3.63, 3.8) is 0 Å². The van der Waals surface area contributed by atoms with Crippen molar-refractivity contribution in [3.8, 4) is 0 Å². The third-order valence-corrected chi connectivity index (χ3v) is 8.01. The molecule has 1 spiro atoms. The summed E-state index contributed by atoms with van der Waals surface area (Å²) in [7, 11) is -0.171. The van der Waals surface area contributed by atoms with Crippen LogP contribution in [0.15, 0.2) is 53.4 Å². The van der Waals surface area contributed by atoms with Crippen molar-refractivity contribution in [1.29, 1.82) is 0 Å². The summed E-state index contributed by atoms with van der Waals surface area (Å²) in [6.45, 7) is 0.966. The molecule has 1 amide bonds. The molecule has 2 heterocycles. The van der Waals surface area contributed by atoms with Crippen LogP contribution >= 0.6 is 0 Å². The van der Waals surface area contributed by atoms with Crippen LogP contribution in [-0.2, 0) is 16.4 Å². The summed E-state index contributed by atoms with van der Waals surface area (Å²) in [5.74, 6) is -1.07. The van der Waals surface area contributed by atoms with Gasteiger partial charge in [0.05, 0.1) is 5.54 Å². The van der Waals surface area contributed by atoms with Crippen LogP contribution in [0.2, 0.25) is 0 Å². The number of amides is 1. The molecule has 0 unspecified atom stereocenters. The number of nitrogens with one attached hydrogen (secondary N) is 1. The molecule has 160 valence electrons. The highest BCUT2D eigenvalue weighted by Crippen LogP contribution is 2.38. The molecule has 2 aliphatic rings. The molecule has 1 fully saturated rings. The zero-order valence-corrected chi connectivity index (χ0v) is 18.0. The maximum absolute atomic E-state index is 14.3. The number of aryl methyl sites for hydroxylation is 1.